The molecule has 0 unspecified atom stereocenters. The van der Waals surface area contributed by atoms with Crippen LogP contribution < -0.4 is 9.47 Å². The number of nitrogens with zero attached hydrogens (tertiary/aromatic N) is 1. The number of aliphatic imine (C=N–C) groups is 1. The number of aromatic carboxylic acids is 1. The Kier molecular flexibility index (Phi) is 5.74. The molecule has 0 atom stereocenters. The summed E-state index contributed by atoms with van der Waals surface area (Å²) in [5.74, 6) is 0.128. The molecule has 0 heterocycles. The van der Waals surface area contributed by atoms with Gasteiger partial charge in [0.25, 0.3) is 0 Å². The van der Waals surface area contributed by atoms with Crippen LogP contribution in [0.1, 0.15) is 29.8 Å². The molecule has 0 radical (unpaired) electrons. The lowest BCUT2D eigenvalue weighted by atomic mass is 10.1. The lowest BCUT2D eigenvalue weighted by Crippen LogP contribution is -2.03. The molecule has 1 N–H and O–H groups in total. The highest BCUT2D eigenvalue weighted by molar-refractivity contribution is 5.94. The Labute approximate surface area is 135 Å². The Morgan fingerprint density at radius 2 is 1.78 bits per heavy atom. The molecule has 5 nitrogen and oxygen atoms in total. The number of ether oxygens (including phenoxy) is 2. The van der Waals surface area contributed by atoms with E-state index in [0.717, 1.165) is 11.4 Å². The molecule has 0 aliphatic rings. The molecule has 2 rings (SSSR count). The standard InChI is InChI=1S/C18H19NO4/c1-3-22-15-8-6-14(7-9-15)19-12-13-5-10-17(23-4-2)16(11-13)18(20)21/h5-12H,3-4H2,1-2H3,(H,20,21). The third kappa shape index (κ3) is 4.57. The predicted molar refractivity (Wildman–Crippen MR) is 89.4 cm³/mol. The van der Waals surface area contributed by atoms with Gasteiger partial charge in [0.15, 0.2) is 0 Å². The van der Waals surface area contributed by atoms with Gasteiger partial charge in [0.05, 0.1) is 18.9 Å². The first kappa shape index (κ1) is 16.5. The Morgan fingerprint density at radius 1 is 1.09 bits per heavy atom. The summed E-state index contributed by atoms with van der Waals surface area (Å²) in [4.78, 5) is 15.6. The van der Waals surface area contributed by atoms with E-state index in [4.69, 9.17) is 9.47 Å². The molecule has 0 aliphatic carbocycles. The lowest BCUT2D eigenvalue weighted by molar-refractivity contribution is 0.0692. The van der Waals surface area contributed by atoms with Gasteiger partial charge in [-0.05, 0) is 61.9 Å². The smallest absolute Gasteiger partial charge is 0.339 e. The van der Waals surface area contributed by atoms with E-state index in [0.29, 0.717) is 24.5 Å². The van der Waals surface area contributed by atoms with Gasteiger partial charge in [-0.25, -0.2) is 4.79 Å². The predicted octanol–water partition coefficient (Wildman–Crippen LogP) is 3.93. The van der Waals surface area contributed by atoms with Crippen molar-refractivity contribution in [1.29, 1.82) is 0 Å². The van der Waals surface area contributed by atoms with Crippen molar-refractivity contribution in [3.8, 4) is 11.5 Å². The molecule has 0 saturated carbocycles. The van der Waals surface area contributed by atoms with Gasteiger partial charge in [0, 0.05) is 6.21 Å². The third-order valence-corrected chi connectivity index (χ3v) is 3.04. The van der Waals surface area contributed by atoms with Crippen LogP contribution in [0.2, 0.25) is 0 Å². The molecule has 0 spiro atoms. The summed E-state index contributed by atoms with van der Waals surface area (Å²) in [7, 11) is 0. The minimum absolute atomic E-state index is 0.127. The fourth-order valence-electron chi connectivity index (χ4n) is 2.02. The maximum Gasteiger partial charge on any atom is 0.339 e. The molecular formula is C18H19NO4. The summed E-state index contributed by atoms with van der Waals surface area (Å²) in [5, 5.41) is 9.24. The minimum Gasteiger partial charge on any atom is -0.494 e. The molecule has 120 valence electrons. The quantitative estimate of drug-likeness (QED) is 0.786. The SMILES string of the molecule is CCOc1ccc(N=Cc2ccc(OCC)c(C(=O)O)c2)cc1. The average Bonchev–Trinajstić information content (AvgIpc) is 2.55. The van der Waals surface area contributed by atoms with Gasteiger partial charge in [-0.1, -0.05) is 0 Å². The summed E-state index contributed by atoms with van der Waals surface area (Å²) in [6.45, 7) is 4.78. The number of carboxylic acids is 1. The molecule has 0 aromatic heterocycles. The fraction of sp³-hybridized carbons (Fsp3) is 0.222. The van der Waals surface area contributed by atoms with Crippen molar-refractivity contribution in [2.24, 2.45) is 4.99 Å². The van der Waals surface area contributed by atoms with Crippen LogP contribution in [-0.4, -0.2) is 30.5 Å². The fourth-order valence-corrected chi connectivity index (χ4v) is 2.02. The van der Waals surface area contributed by atoms with Crippen molar-refractivity contribution in [3.63, 3.8) is 0 Å². The van der Waals surface area contributed by atoms with E-state index in [2.05, 4.69) is 4.99 Å². The number of carbonyl (C=O) groups is 1. The van der Waals surface area contributed by atoms with Crippen LogP contribution in [0, 0.1) is 0 Å². The van der Waals surface area contributed by atoms with E-state index in [1.807, 2.05) is 38.1 Å². The van der Waals surface area contributed by atoms with Crippen LogP contribution in [0.3, 0.4) is 0 Å². The number of carboxylic acid groups (broad SMARTS) is 1. The van der Waals surface area contributed by atoms with Crippen LogP contribution in [0.4, 0.5) is 5.69 Å². The minimum atomic E-state index is -1.02. The van der Waals surface area contributed by atoms with Gasteiger partial charge in [0.1, 0.15) is 17.1 Å². The largest absolute Gasteiger partial charge is 0.494 e. The summed E-state index contributed by atoms with van der Waals surface area (Å²) in [6, 6.07) is 12.3. The Morgan fingerprint density at radius 3 is 2.39 bits per heavy atom. The zero-order chi connectivity index (χ0) is 16.7. The van der Waals surface area contributed by atoms with Crippen molar-refractivity contribution in [3.05, 3.63) is 53.6 Å². The molecule has 5 heteroatoms. The molecular weight excluding hydrogens is 294 g/mol. The summed E-state index contributed by atoms with van der Waals surface area (Å²) in [6.07, 6.45) is 1.62. The van der Waals surface area contributed by atoms with E-state index in [9.17, 15) is 9.90 Å². The number of benzene rings is 2. The maximum absolute atomic E-state index is 11.3. The average molecular weight is 313 g/mol. The second-order valence-corrected chi connectivity index (χ2v) is 4.68. The molecule has 0 bridgehead atoms. The normalized spacial score (nSPS) is 10.7. The van der Waals surface area contributed by atoms with E-state index in [-0.39, 0.29) is 5.56 Å². The van der Waals surface area contributed by atoms with E-state index < -0.39 is 5.97 Å². The topological polar surface area (TPSA) is 68.1 Å². The Bertz CT molecular complexity index is 693. The molecule has 0 fully saturated rings. The van der Waals surface area contributed by atoms with Crippen molar-refractivity contribution >= 4 is 17.9 Å². The van der Waals surface area contributed by atoms with Crippen LogP contribution in [-0.2, 0) is 0 Å². The Balaban J connectivity index is 2.18. The van der Waals surface area contributed by atoms with Gasteiger partial charge < -0.3 is 14.6 Å². The van der Waals surface area contributed by atoms with Gasteiger partial charge in [-0.15, -0.1) is 0 Å². The first-order chi connectivity index (χ1) is 11.1. The van der Waals surface area contributed by atoms with E-state index >= 15 is 0 Å². The molecule has 2 aromatic rings. The number of hydrogen-bond donors (Lipinski definition) is 1. The molecule has 0 amide bonds. The maximum atomic E-state index is 11.3. The highest BCUT2D eigenvalue weighted by Crippen LogP contribution is 2.21. The van der Waals surface area contributed by atoms with Crippen LogP contribution in [0.15, 0.2) is 47.5 Å². The summed E-state index contributed by atoms with van der Waals surface area (Å²) >= 11 is 0. The number of hydrogen-bond acceptors (Lipinski definition) is 4. The summed E-state index contributed by atoms with van der Waals surface area (Å²) in [5.41, 5.74) is 1.58. The zero-order valence-corrected chi connectivity index (χ0v) is 13.2. The van der Waals surface area contributed by atoms with Crippen molar-refractivity contribution in [2.45, 2.75) is 13.8 Å². The lowest BCUT2D eigenvalue weighted by Gasteiger charge is -2.07. The van der Waals surface area contributed by atoms with Crippen molar-refractivity contribution < 1.29 is 19.4 Å². The monoisotopic (exact) mass is 313 g/mol. The zero-order valence-electron chi connectivity index (χ0n) is 13.2. The summed E-state index contributed by atoms with van der Waals surface area (Å²) < 4.78 is 10.7. The molecule has 23 heavy (non-hydrogen) atoms. The first-order valence-corrected chi connectivity index (χ1v) is 7.41. The van der Waals surface area contributed by atoms with E-state index in [1.54, 1.807) is 24.4 Å². The highest BCUT2D eigenvalue weighted by atomic mass is 16.5. The molecule has 2 aromatic carbocycles. The van der Waals surface area contributed by atoms with Gasteiger partial charge >= 0.3 is 5.97 Å². The van der Waals surface area contributed by atoms with Crippen molar-refractivity contribution in [2.75, 3.05) is 13.2 Å². The second kappa shape index (κ2) is 7.98. The van der Waals surface area contributed by atoms with Gasteiger partial charge in [-0.2, -0.15) is 0 Å². The van der Waals surface area contributed by atoms with Crippen LogP contribution >= 0.6 is 0 Å². The van der Waals surface area contributed by atoms with Crippen LogP contribution in [0.5, 0.6) is 11.5 Å². The van der Waals surface area contributed by atoms with Crippen LogP contribution in [0.25, 0.3) is 0 Å². The first-order valence-electron chi connectivity index (χ1n) is 7.41. The van der Waals surface area contributed by atoms with E-state index in [1.165, 1.54) is 0 Å². The Hall–Kier alpha value is -2.82. The van der Waals surface area contributed by atoms with Crippen molar-refractivity contribution in [1.82, 2.24) is 0 Å². The number of rotatable bonds is 7. The second-order valence-electron chi connectivity index (χ2n) is 4.68. The highest BCUT2D eigenvalue weighted by Gasteiger charge is 2.11. The van der Waals surface area contributed by atoms with Gasteiger partial charge in [-0.3, -0.25) is 4.99 Å². The molecule has 0 aliphatic heterocycles. The van der Waals surface area contributed by atoms with Gasteiger partial charge in [0.2, 0.25) is 0 Å². The third-order valence-electron chi connectivity index (χ3n) is 3.04. The molecule has 0 saturated heterocycles.